The van der Waals surface area contributed by atoms with Crippen LogP contribution in [0.5, 0.6) is 0 Å². The predicted octanol–water partition coefficient (Wildman–Crippen LogP) is 0.971. The van der Waals surface area contributed by atoms with E-state index in [1.54, 1.807) is 25.7 Å². The lowest BCUT2D eigenvalue weighted by molar-refractivity contribution is -0.0122. The number of piperidine rings is 1. The molecule has 124 valence electrons. The summed E-state index contributed by atoms with van der Waals surface area (Å²) in [5.74, 6) is -0.215. The Morgan fingerprint density at radius 1 is 1.38 bits per heavy atom. The lowest BCUT2D eigenvalue weighted by Crippen LogP contribution is -2.48. The summed E-state index contributed by atoms with van der Waals surface area (Å²) in [5.41, 5.74) is -0.567. The molecule has 1 fully saturated rings. The molecule has 0 aromatic carbocycles. The highest BCUT2D eigenvalue weighted by Gasteiger charge is 2.32. The van der Waals surface area contributed by atoms with E-state index < -0.39 is 27.9 Å². The number of hydrogen-bond donors (Lipinski definition) is 1. The van der Waals surface area contributed by atoms with Crippen LogP contribution in [0.25, 0.3) is 0 Å². The Balaban J connectivity index is 2.51. The maximum Gasteiger partial charge on any atom is 0.410 e. The van der Waals surface area contributed by atoms with E-state index in [1.165, 1.54) is 0 Å². The number of ether oxygens (including phenoxy) is 1. The molecule has 8 heteroatoms. The zero-order valence-corrected chi connectivity index (χ0v) is 13.9. The smallest absolute Gasteiger partial charge is 0.410 e. The van der Waals surface area contributed by atoms with Crippen LogP contribution in [0.1, 0.15) is 33.6 Å². The van der Waals surface area contributed by atoms with Gasteiger partial charge in [-0.3, -0.25) is 4.18 Å². The second-order valence-electron chi connectivity index (χ2n) is 6.36. The number of carbonyl (C=O) groups is 1. The number of rotatable bonds is 4. The van der Waals surface area contributed by atoms with Gasteiger partial charge < -0.3 is 14.7 Å². The van der Waals surface area contributed by atoms with E-state index in [0.29, 0.717) is 25.9 Å². The SMILES string of the molecule is CC(C)(C)OC(=O)N1CCC(O)C(CCOS(C)(=O)=O)C1. The van der Waals surface area contributed by atoms with Crippen LogP contribution < -0.4 is 0 Å². The van der Waals surface area contributed by atoms with Crippen molar-refractivity contribution >= 4 is 16.2 Å². The van der Waals surface area contributed by atoms with Gasteiger partial charge >= 0.3 is 6.09 Å². The second kappa shape index (κ2) is 6.93. The first-order valence-corrected chi connectivity index (χ1v) is 8.80. The molecule has 1 aliphatic rings. The highest BCUT2D eigenvalue weighted by Crippen LogP contribution is 2.22. The summed E-state index contributed by atoms with van der Waals surface area (Å²) in [6.45, 7) is 6.15. The standard InChI is InChI=1S/C13H25NO6S/c1-13(2,3)20-12(16)14-7-5-11(15)10(9-14)6-8-19-21(4,17)18/h10-11,15H,5-9H2,1-4H3. The van der Waals surface area contributed by atoms with Gasteiger partial charge in [0.2, 0.25) is 0 Å². The zero-order chi connectivity index (χ0) is 16.3. The summed E-state index contributed by atoms with van der Waals surface area (Å²) in [6.07, 6.45) is 0.823. The first-order chi connectivity index (χ1) is 9.48. The molecule has 1 amide bonds. The van der Waals surface area contributed by atoms with Crippen molar-refractivity contribution in [2.24, 2.45) is 5.92 Å². The molecule has 0 saturated carbocycles. The van der Waals surface area contributed by atoms with E-state index >= 15 is 0 Å². The van der Waals surface area contributed by atoms with Crippen molar-refractivity contribution in [1.82, 2.24) is 4.90 Å². The van der Waals surface area contributed by atoms with Crippen LogP contribution in [0.4, 0.5) is 4.79 Å². The Kier molecular flexibility index (Phi) is 6.01. The van der Waals surface area contributed by atoms with Gasteiger partial charge in [0.1, 0.15) is 5.60 Å². The first kappa shape index (κ1) is 18.2. The molecule has 0 aliphatic carbocycles. The average Bonchev–Trinajstić information content (AvgIpc) is 2.27. The van der Waals surface area contributed by atoms with Crippen molar-refractivity contribution < 1.29 is 27.2 Å². The van der Waals surface area contributed by atoms with E-state index in [9.17, 15) is 18.3 Å². The van der Waals surface area contributed by atoms with Gasteiger partial charge in [-0.05, 0) is 33.6 Å². The quantitative estimate of drug-likeness (QED) is 0.775. The van der Waals surface area contributed by atoms with Crippen LogP contribution in [-0.2, 0) is 19.0 Å². The van der Waals surface area contributed by atoms with Crippen LogP contribution in [-0.4, -0.2) is 62.2 Å². The van der Waals surface area contributed by atoms with Gasteiger partial charge in [0, 0.05) is 19.0 Å². The lowest BCUT2D eigenvalue weighted by atomic mass is 9.92. The fourth-order valence-corrected chi connectivity index (χ4v) is 2.55. The Bertz CT molecular complexity index is 456. The van der Waals surface area contributed by atoms with Crippen molar-refractivity contribution in [3.63, 3.8) is 0 Å². The van der Waals surface area contributed by atoms with E-state index in [1.807, 2.05) is 0 Å². The third kappa shape index (κ3) is 7.10. The molecule has 1 saturated heterocycles. The van der Waals surface area contributed by atoms with Gasteiger partial charge in [-0.2, -0.15) is 8.42 Å². The molecule has 7 nitrogen and oxygen atoms in total. The molecule has 1 N–H and O–H groups in total. The average molecular weight is 323 g/mol. The molecule has 0 aromatic rings. The van der Waals surface area contributed by atoms with E-state index in [2.05, 4.69) is 4.18 Å². The van der Waals surface area contributed by atoms with Gasteiger partial charge in [-0.1, -0.05) is 0 Å². The van der Waals surface area contributed by atoms with Gasteiger partial charge in [0.05, 0.1) is 19.0 Å². The van der Waals surface area contributed by atoms with Crippen LogP contribution in [0.3, 0.4) is 0 Å². The van der Waals surface area contributed by atoms with E-state index in [4.69, 9.17) is 4.74 Å². The number of carbonyl (C=O) groups excluding carboxylic acids is 1. The monoisotopic (exact) mass is 323 g/mol. The van der Waals surface area contributed by atoms with Crippen molar-refractivity contribution in [1.29, 1.82) is 0 Å². The summed E-state index contributed by atoms with van der Waals surface area (Å²) >= 11 is 0. The van der Waals surface area contributed by atoms with Crippen molar-refractivity contribution in [3.05, 3.63) is 0 Å². The molecular weight excluding hydrogens is 298 g/mol. The third-order valence-corrected chi connectivity index (χ3v) is 3.73. The molecule has 21 heavy (non-hydrogen) atoms. The fourth-order valence-electron chi connectivity index (χ4n) is 2.15. The van der Waals surface area contributed by atoms with E-state index in [0.717, 1.165) is 6.26 Å². The van der Waals surface area contributed by atoms with Gasteiger partial charge in [0.25, 0.3) is 10.1 Å². The Morgan fingerprint density at radius 2 is 2.00 bits per heavy atom. The predicted molar refractivity (Wildman–Crippen MR) is 77.3 cm³/mol. The maximum atomic E-state index is 12.0. The summed E-state index contributed by atoms with van der Waals surface area (Å²) in [4.78, 5) is 13.5. The topological polar surface area (TPSA) is 93.1 Å². The Labute approximate surface area is 126 Å². The number of hydrogen-bond acceptors (Lipinski definition) is 6. The molecule has 0 spiro atoms. The molecule has 0 bridgehead atoms. The molecule has 0 radical (unpaired) electrons. The maximum absolute atomic E-state index is 12.0. The number of aliphatic hydroxyl groups is 1. The Hall–Kier alpha value is -0.860. The summed E-state index contributed by atoms with van der Waals surface area (Å²) in [7, 11) is -3.48. The molecule has 2 unspecified atom stereocenters. The zero-order valence-electron chi connectivity index (χ0n) is 13.0. The van der Waals surface area contributed by atoms with Gasteiger partial charge in [-0.15, -0.1) is 0 Å². The number of aliphatic hydroxyl groups excluding tert-OH is 1. The van der Waals surface area contributed by atoms with Crippen LogP contribution in [0, 0.1) is 5.92 Å². The summed E-state index contributed by atoms with van der Waals surface area (Å²) < 4.78 is 31.8. The fraction of sp³-hybridized carbons (Fsp3) is 0.923. The van der Waals surface area contributed by atoms with E-state index in [-0.39, 0.29) is 12.5 Å². The summed E-state index contributed by atoms with van der Waals surface area (Å²) in [5, 5.41) is 9.95. The third-order valence-electron chi connectivity index (χ3n) is 3.13. The minimum Gasteiger partial charge on any atom is -0.444 e. The number of likely N-dealkylation sites (tertiary alicyclic amines) is 1. The van der Waals surface area contributed by atoms with Crippen molar-refractivity contribution in [3.8, 4) is 0 Å². The molecule has 1 rings (SSSR count). The van der Waals surface area contributed by atoms with Gasteiger partial charge in [-0.25, -0.2) is 4.79 Å². The molecule has 1 aliphatic heterocycles. The number of nitrogens with zero attached hydrogens (tertiary/aromatic N) is 1. The summed E-state index contributed by atoms with van der Waals surface area (Å²) in [6, 6.07) is 0. The Morgan fingerprint density at radius 3 is 2.52 bits per heavy atom. The minimum atomic E-state index is -3.48. The number of amides is 1. The normalized spacial score (nSPS) is 24.0. The highest BCUT2D eigenvalue weighted by molar-refractivity contribution is 7.85. The van der Waals surface area contributed by atoms with Crippen molar-refractivity contribution in [2.45, 2.75) is 45.3 Å². The van der Waals surface area contributed by atoms with Gasteiger partial charge in [0.15, 0.2) is 0 Å². The van der Waals surface area contributed by atoms with Crippen molar-refractivity contribution in [2.75, 3.05) is 26.0 Å². The van der Waals surface area contributed by atoms with Crippen LogP contribution in [0.15, 0.2) is 0 Å². The van der Waals surface area contributed by atoms with Crippen LogP contribution >= 0.6 is 0 Å². The molecule has 2 atom stereocenters. The highest BCUT2D eigenvalue weighted by atomic mass is 32.2. The molecule has 1 heterocycles. The minimum absolute atomic E-state index is 0.00270. The first-order valence-electron chi connectivity index (χ1n) is 6.98. The van der Waals surface area contributed by atoms with Crippen LogP contribution in [0.2, 0.25) is 0 Å². The second-order valence-corrected chi connectivity index (χ2v) is 8.00. The molecule has 0 aromatic heterocycles. The lowest BCUT2D eigenvalue weighted by Gasteiger charge is -2.36. The largest absolute Gasteiger partial charge is 0.444 e. The molecular formula is C13H25NO6S.